The van der Waals surface area contributed by atoms with E-state index in [1.807, 2.05) is 6.07 Å². The Kier molecular flexibility index (Phi) is 2.60. The number of rotatable bonds is 4. The molecule has 0 aliphatic heterocycles. The lowest BCUT2D eigenvalue weighted by molar-refractivity contribution is -0.141. The number of hydrogen-bond acceptors (Lipinski definition) is 2. The maximum absolute atomic E-state index is 10.8. The van der Waals surface area contributed by atoms with E-state index in [4.69, 9.17) is 10.4 Å². The van der Waals surface area contributed by atoms with Gasteiger partial charge in [-0.25, -0.2) is 0 Å². The molecule has 1 fully saturated rings. The molecule has 2 atom stereocenters. The van der Waals surface area contributed by atoms with Gasteiger partial charge in [-0.15, -0.1) is 0 Å². The van der Waals surface area contributed by atoms with Crippen molar-refractivity contribution >= 4 is 5.97 Å². The number of carboxylic acids is 1. The van der Waals surface area contributed by atoms with Crippen LogP contribution in [0.15, 0.2) is 0 Å². The van der Waals surface area contributed by atoms with Crippen LogP contribution >= 0.6 is 0 Å². The summed E-state index contributed by atoms with van der Waals surface area (Å²) in [5, 5.41) is 17.7. The van der Waals surface area contributed by atoms with Gasteiger partial charge in [0.05, 0.1) is 6.07 Å². The highest BCUT2D eigenvalue weighted by Gasteiger charge is 2.63. The van der Waals surface area contributed by atoms with Gasteiger partial charge >= 0.3 is 5.97 Å². The first-order chi connectivity index (χ1) is 6.12. The van der Waals surface area contributed by atoms with Gasteiger partial charge in [0.15, 0.2) is 5.41 Å². The molecule has 0 radical (unpaired) electrons. The van der Waals surface area contributed by atoms with Crippen LogP contribution in [0.4, 0.5) is 0 Å². The van der Waals surface area contributed by atoms with Gasteiger partial charge in [-0.2, -0.15) is 5.26 Å². The molecule has 0 saturated heterocycles. The minimum absolute atomic E-state index is 0.0880. The Hall–Kier alpha value is -1.04. The normalized spacial score (nSPS) is 31.4. The molecule has 0 heterocycles. The summed E-state index contributed by atoms with van der Waals surface area (Å²) < 4.78 is 0. The van der Waals surface area contributed by atoms with Gasteiger partial charge in [-0.05, 0) is 18.3 Å². The molecule has 72 valence electrons. The van der Waals surface area contributed by atoms with Crippen LogP contribution in [0.2, 0.25) is 0 Å². The van der Waals surface area contributed by atoms with E-state index in [1.165, 1.54) is 0 Å². The summed E-state index contributed by atoms with van der Waals surface area (Å²) in [6, 6.07) is 1.95. The summed E-state index contributed by atoms with van der Waals surface area (Å²) in [5.74, 6) is -0.451. The van der Waals surface area contributed by atoms with Gasteiger partial charge in [0.2, 0.25) is 0 Å². The molecule has 0 spiro atoms. The maximum atomic E-state index is 10.8. The zero-order chi connectivity index (χ0) is 10.1. The number of aliphatic carboxylic acids is 1. The maximum Gasteiger partial charge on any atom is 0.324 e. The van der Waals surface area contributed by atoms with Crippen LogP contribution < -0.4 is 0 Å². The lowest BCUT2D eigenvalue weighted by Gasteiger charge is -2.12. The van der Waals surface area contributed by atoms with Gasteiger partial charge in [0.1, 0.15) is 0 Å². The topological polar surface area (TPSA) is 61.1 Å². The van der Waals surface area contributed by atoms with Crippen molar-refractivity contribution in [2.75, 3.05) is 0 Å². The van der Waals surface area contributed by atoms with E-state index in [1.54, 1.807) is 0 Å². The molecule has 1 saturated carbocycles. The third-order valence-corrected chi connectivity index (χ3v) is 3.21. The monoisotopic (exact) mass is 181 g/mol. The predicted octanol–water partition coefficient (Wildman–Crippen LogP) is 2.04. The van der Waals surface area contributed by atoms with Crippen LogP contribution in [0.5, 0.6) is 0 Å². The third-order valence-electron chi connectivity index (χ3n) is 3.21. The van der Waals surface area contributed by atoms with E-state index in [0.29, 0.717) is 12.3 Å². The molecule has 13 heavy (non-hydrogen) atoms. The molecular weight excluding hydrogens is 166 g/mol. The summed E-state index contributed by atoms with van der Waals surface area (Å²) in [6.07, 6.45) is 2.49. The van der Waals surface area contributed by atoms with E-state index in [2.05, 4.69) is 13.8 Å². The number of carbonyl (C=O) groups is 1. The molecule has 0 bridgehead atoms. The zero-order valence-corrected chi connectivity index (χ0v) is 8.08. The summed E-state index contributed by atoms with van der Waals surface area (Å²) in [7, 11) is 0. The van der Waals surface area contributed by atoms with E-state index >= 15 is 0 Å². The van der Waals surface area contributed by atoms with E-state index in [-0.39, 0.29) is 5.92 Å². The number of carboxylic acid groups (broad SMARTS) is 1. The van der Waals surface area contributed by atoms with Crippen molar-refractivity contribution in [2.45, 2.75) is 33.1 Å². The van der Waals surface area contributed by atoms with Crippen molar-refractivity contribution in [1.29, 1.82) is 5.26 Å². The Morgan fingerprint density at radius 1 is 1.69 bits per heavy atom. The quantitative estimate of drug-likeness (QED) is 0.721. The largest absolute Gasteiger partial charge is 0.480 e. The van der Waals surface area contributed by atoms with Crippen LogP contribution in [0.25, 0.3) is 0 Å². The zero-order valence-electron chi connectivity index (χ0n) is 8.08. The van der Waals surface area contributed by atoms with E-state index in [9.17, 15) is 4.79 Å². The molecule has 0 aromatic carbocycles. The molecule has 1 rings (SSSR count). The Balaban J connectivity index is 2.70. The van der Waals surface area contributed by atoms with Crippen molar-refractivity contribution in [1.82, 2.24) is 0 Å². The predicted molar refractivity (Wildman–Crippen MR) is 47.9 cm³/mol. The van der Waals surface area contributed by atoms with Crippen LogP contribution in [-0.2, 0) is 4.79 Å². The van der Waals surface area contributed by atoms with Gasteiger partial charge in [-0.3, -0.25) is 4.79 Å². The van der Waals surface area contributed by atoms with Crippen LogP contribution in [0, 0.1) is 28.6 Å². The average Bonchev–Trinajstić information content (AvgIpc) is 2.83. The fourth-order valence-corrected chi connectivity index (χ4v) is 2.14. The smallest absolute Gasteiger partial charge is 0.324 e. The number of nitriles is 1. The highest BCUT2D eigenvalue weighted by molar-refractivity contribution is 5.82. The van der Waals surface area contributed by atoms with Crippen LogP contribution in [0.1, 0.15) is 33.1 Å². The van der Waals surface area contributed by atoms with Gasteiger partial charge in [-0.1, -0.05) is 26.7 Å². The molecular formula is C10H15NO2. The van der Waals surface area contributed by atoms with Crippen LogP contribution in [0.3, 0.4) is 0 Å². The first kappa shape index (κ1) is 10.0. The summed E-state index contributed by atoms with van der Waals surface area (Å²) >= 11 is 0. The molecule has 3 nitrogen and oxygen atoms in total. The lowest BCUT2D eigenvalue weighted by Crippen LogP contribution is -2.18. The van der Waals surface area contributed by atoms with Crippen molar-refractivity contribution in [3.05, 3.63) is 0 Å². The first-order valence-electron chi connectivity index (χ1n) is 4.77. The molecule has 0 aromatic rings. The van der Waals surface area contributed by atoms with Crippen molar-refractivity contribution in [2.24, 2.45) is 17.3 Å². The Morgan fingerprint density at radius 2 is 2.23 bits per heavy atom. The van der Waals surface area contributed by atoms with E-state index in [0.717, 1.165) is 12.8 Å². The minimum Gasteiger partial charge on any atom is -0.480 e. The molecule has 1 N–H and O–H groups in total. The Labute approximate surface area is 78.4 Å². The fourth-order valence-electron chi connectivity index (χ4n) is 2.14. The van der Waals surface area contributed by atoms with Crippen molar-refractivity contribution in [3.8, 4) is 6.07 Å². The second-order valence-corrected chi connectivity index (χ2v) is 3.78. The third kappa shape index (κ3) is 1.41. The highest BCUT2D eigenvalue weighted by Crippen LogP contribution is 2.57. The van der Waals surface area contributed by atoms with Gasteiger partial charge < -0.3 is 5.11 Å². The fraction of sp³-hybridized carbons (Fsp3) is 0.800. The van der Waals surface area contributed by atoms with Crippen molar-refractivity contribution < 1.29 is 9.90 Å². The Bertz CT molecular complexity index is 252. The van der Waals surface area contributed by atoms with E-state index < -0.39 is 11.4 Å². The second kappa shape index (κ2) is 3.37. The molecule has 1 aliphatic rings. The molecule has 0 amide bonds. The molecule has 2 unspecified atom stereocenters. The summed E-state index contributed by atoms with van der Waals surface area (Å²) in [6.45, 7) is 4.10. The van der Waals surface area contributed by atoms with Gasteiger partial charge in [0.25, 0.3) is 0 Å². The second-order valence-electron chi connectivity index (χ2n) is 3.78. The molecule has 3 heteroatoms. The number of hydrogen-bond donors (Lipinski definition) is 1. The van der Waals surface area contributed by atoms with Crippen LogP contribution in [-0.4, -0.2) is 11.1 Å². The molecule has 1 aliphatic carbocycles. The first-order valence-corrected chi connectivity index (χ1v) is 4.77. The van der Waals surface area contributed by atoms with Crippen molar-refractivity contribution in [3.63, 3.8) is 0 Å². The highest BCUT2D eigenvalue weighted by atomic mass is 16.4. The average molecular weight is 181 g/mol. The standard InChI is InChI=1S/C10H15NO2/c1-3-7(4-2)8-5-10(8,6-11)9(12)13/h7-8H,3-5H2,1-2H3,(H,12,13). The van der Waals surface area contributed by atoms with Gasteiger partial charge in [0, 0.05) is 0 Å². The minimum atomic E-state index is -1.04. The number of nitrogens with zero attached hydrogens (tertiary/aromatic N) is 1. The lowest BCUT2D eigenvalue weighted by atomic mass is 9.91. The summed E-state index contributed by atoms with van der Waals surface area (Å²) in [5.41, 5.74) is -1.04. The Morgan fingerprint density at radius 3 is 2.46 bits per heavy atom. The SMILES string of the molecule is CCC(CC)C1CC1(C#N)C(=O)O. The molecule has 0 aromatic heterocycles. The summed E-state index contributed by atoms with van der Waals surface area (Å²) in [4.78, 5) is 10.8.